The fraction of sp³-hybridized carbons (Fsp3) is 0.429. The Kier molecular flexibility index (Phi) is 7.18. The van der Waals surface area contributed by atoms with Gasteiger partial charge in [-0.15, -0.1) is 0 Å². The van der Waals surface area contributed by atoms with Crippen LogP contribution in [-0.4, -0.2) is 25.0 Å². The van der Waals surface area contributed by atoms with E-state index in [1.54, 1.807) is 0 Å². The fourth-order valence-corrected chi connectivity index (χ4v) is 2.98. The molecular formula is C21H29N. The van der Waals surface area contributed by atoms with Crippen molar-refractivity contribution in [3.8, 4) is 0 Å². The maximum atomic E-state index is 2.47. The van der Waals surface area contributed by atoms with E-state index in [1.165, 1.54) is 43.4 Å². The zero-order chi connectivity index (χ0) is 15.6. The minimum Gasteiger partial charge on any atom is -0.306 e. The largest absolute Gasteiger partial charge is 0.306 e. The monoisotopic (exact) mass is 295 g/mol. The summed E-state index contributed by atoms with van der Waals surface area (Å²) < 4.78 is 0. The topological polar surface area (TPSA) is 3.24 Å². The molecule has 0 bridgehead atoms. The molecule has 0 radical (unpaired) electrons. The van der Waals surface area contributed by atoms with Gasteiger partial charge in [-0.25, -0.2) is 0 Å². The smallest absolute Gasteiger partial charge is 0.00446 e. The molecule has 118 valence electrons. The highest BCUT2D eigenvalue weighted by Crippen LogP contribution is 2.15. The average Bonchev–Trinajstić information content (AvgIpc) is 2.56. The van der Waals surface area contributed by atoms with Gasteiger partial charge in [0.2, 0.25) is 0 Å². The molecule has 0 amide bonds. The van der Waals surface area contributed by atoms with Crippen molar-refractivity contribution in [2.24, 2.45) is 0 Å². The summed E-state index contributed by atoms with van der Waals surface area (Å²) in [6.07, 6.45) is 5.13. The van der Waals surface area contributed by atoms with Crippen molar-refractivity contribution < 1.29 is 0 Å². The molecule has 0 heterocycles. The first-order valence-corrected chi connectivity index (χ1v) is 8.53. The molecule has 1 heteroatoms. The summed E-state index contributed by atoms with van der Waals surface area (Å²) in [6.45, 7) is 4.66. The van der Waals surface area contributed by atoms with E-state index in [0.29, 0.717) is 5.92 Å². The number of benzene rings is 2. The quantitative estimate of drug-likeness (QED) is 0.579. The van der Waals surface area contributed by atoms with Crippen LogP contribution in [0, 0.1) is 0 Å². The Morgan fingerprint density at radius 1 is 0.818 bits per heavy atom. The van der Waals surface area contributed by atoms with Gasteiger partial charge in [-0.05, 0) is 49.9 Å². The van der Waals surface area contributed by atoms with Crippen LogP contribution in [0.4, 0.5) is 0 Å². The molecule has 0 aromatic heterocycles. The highest BCUT2D eigenvalue weighted by molar-refractivity contribution is 5.19. The van der Waals surface area contributed by atoms with E-state index in [4.69, 9.17) is 0 Å². The van der Waals surface area contributed by atoms with E-state index < -0.39 is 0 Å². The summed E-state index contributed by atoms with van der Waals surface area (Å²) in [6, 6.07) is 21.6. The van der Waals surface area contributed by atoms with Crippen molar-refractivity contribution in [2.45, 2.75) is 38.5 Å². The van der Waals surface area contributed by atoms with Crippen molar-refractivity contribution in [3.05, 3.63) is 71.8 Å². The second-order valence-electron chi connectivity index (χ2n) is 6.37. The van der Waals surface area contributed by atoms with E-state index >= 15 is 0 Å². The number of aryl methyl sites for hydroxylation is 1. The van der Waals surface area contributed by atoms with Gasteiger partial charge in [0.05, 0.1) is 0 Å². The van der Waals surface area contributed by atoms with Crippen LogP contribution in [0.2, 0.25) is 0 Å². The third-order valence-electron chi connectivity index (χ3n) is 4.30. The third-order valence-corrected chi connectivity index (χ3v) is 4.30. The van der Waals surface area contributed by atoms with Gasteiger partial charge in [0, 0.05) is 6.54 Å². The molecular weight excluding hydrogens is 266 g/mol. The maximum absolute atomic E-state index is 2.47. The number of nitrogens with zero attached hydrogens (tertiary/aromatic N) is 1. The zero-order valence-electron chi connectivity index (χ0n) is 14.0. The molecule has 2 rings (SSSR count). The summed E-state index contributed by atoms with van der Waals surface area (Å²) >= 11 is 0. The van der Waals surface area contributed by atoms with Gasteiger partial charge in [0.1, 0.15) is 0 Å². The summed E-state index contributed by atoms with van der Waals surface area (Å²) in [5.41, 5.74) is 2.91. The van der Waals surface area contributed by atoms with Gasteiger partial charge in [-0.3, -0.25) is 0 Å². The van der Waals surface area contributed by atoms with E-state index in [-0.39, 0.29) is 0 Å². The Balaban J connectivity index is 1.59. The Hall–Kier alpha value is -1.60. The highest BCUT2D eigenvalue weighted by Gasteiger charge is 2.08. The van der Waals surface area contributed by atoms with E-state index in [1.807, 2.05) is 0 Å². The summed E-state index contributed by atoms with van der Waals surface area (Å²) in [4.78, 5) is 2.47. The van der Waals surface area contributed by atoms with Crippen LogP contribution in [0.15, 0.2) is 60.7 Å². The molecule has 0 aliphatic heterocycles. The summed E-state index contributed by atoms with van der Waals surface area (Å²) in [7, 11) is 2.25. The SMILES string of the molecule is CC(CN(C)CCCCCc1ccccc1)c1ccccc1. The molecule has 0 fully saturated rings. The molecule has 2 aromatic carbocycles. The molecule has 0 spiro atoms. The van der Waals surface area contributed by atoms with Crippen LogP contribution in [0.5, 0.6) is 0 Å². The molecule has 1 unspecified atom stereocenters. The summed E-state index contributed by atoms with van der Waals surface area (Å²) in [5, 5.41) is 0. The van der Waals surface area contributed by atoms with Crippen LogP contribution < -0.4 is 0 Å². The maximum Gasteiger partial charge on any atom is 0.00446 e. The lowest BCUT2D eigenvalue weighted by molar-refractivity contribution is 0.308. The first kappa shape index (κ1) is 16.8. The molecule has 0 aliphatic carbocycles. The first-order chi connectivity index (χ1) is 10.8. The van der Waals surface area contributed by atoms with Crippen LogP contribution >= 0.6 is 0 Å². The molecule has 0 saturated heterocycles. The van der Waals surface area contributed by atoms with E-state index in [0.717, 1.165) is 6.54 Å². The van der Waals surface area contributed by atoms with E-state index in [9.17, 15) is 0 Å². The average molecular weight is 295 g/mol. The normalized spacial score (nSPS) is 12.5. The van der Waals surface area contributed by atoms with E-state index in [2.05, 4.69) is 79.5 Å². The minimum absolute atomic E-state index is 0.607. The number of rotatable bonds is 9. The number of likely N-dealkylation sites (N-methyl/N-ethyl adjacent to an activating group) is 1. The van der Waals surface area contributed by atoms with Gasteiger partial charge < -0.3 is 4.90 Å². The van der Waals surface area contributed by atoms with Gasteiger partial charge in [-0.1, -0.05) is 74.0 Å². The zero-order valence-corrected chi connectivity index (χ0v) is 14.0. The first-order valence-electron chi connectivity index (χ1n) is 8.53. The lowest BCUT2D eigenvalue weighted by atomic mass is 10.0. The lowest BCUT2D eigenvalue weighted by Crippen LogP contribution is -2.24. The standard InChI is InChI=1S/C21H29N/c1-19(21-15-9-4-10-16-21)18-22(2)17-11-5-8-14-20-12-6-3-7-13-20/h3-4,6-7,9-10,12-13,15-16,19H,5,8,11,14,17-18H2,1-2H3. The van der Waals surface area contributed by atoms with Crippen molar-refractivity contribution in [3.63, 3.8) is 0 Å². The Morgan fingerprint density at radius 3 is 2.14 bits per heavy atom. The van der Waals surface area contributed by atoms with Gasteiger partial charge in [0.15, 0.2) is 0 Å². The van der Waals surface area contributed by atoms with Crippen LogP contribution in [-0.2, 0) is 6.42 Å². The second-order valence-corrected chi connectivity index (χ2v) is 6.37. The highest BCUT2D eigenvalue weighted by atomic mass is 15.1. The molecule has 0 N–H and O–H groups in total. The summed E-state index contributed by atoms with van der Waals surface area (Å²) in [5.74, 6) is 0.607. The number of unbranched alkanes of at least 4 members (excludes halogenated alkanes) is 2. The molecule has 2 aromatic rings. The molecule has 1 nitrogen and oxygen atoms in total. The Labute approximate surface area is 136 Å². The molecule has 0 aliphatic rings. The third kappa shape index (κ3) is 6.03. The fourth-order valence-electron chi connectivity index (χ4n) is 2.98. The van der Waals surface area contributed by atoms with Crippen LogP contribution in [0.25, 0.3) is 0 Å². The number of hydrogen-bond donors (Lipinski definition) is 0. The molecule has 22 heavy (non-hydrogen) atoms. The Morgan fingerprint density at radius 2 is 1.45 bits per heavy atom. The van der Waals surface area contributed by atoms with Crippen LogP contribution in [0.3, 0.4) is 0 Å². The minimum atomic E-state index is 0.607. The second kappa shape index (κ2) is 9.42. The van der Waals surface area contributed by atoms with Crippen molar-refractivity contribution in [1.82, 2.24) is 4.90 Å². The number of hydrogen-bond acceptors (Lipinski definition) is 1. The van der Waals surface area contributed by atoms with Crippen molar-refractivity contribution >= 4 is 0 Å². The lowest BCUT2D eigenvalue weighted by Gasteiger charge is -2.21. The van der Waals surface area contributed by atoms with Crippen LogP contribution in [0.1, 0.15) is 43.2 Å². The molecule has 0 saturated carbocycles. The van der Waals surface area contributed by atoms with Gasteiger partial charge in [0.25, 0.3) is 0 Å². The molecule has 1 atom stereocenters. The van der Waals surface area contributed by atoms with Gasteiger partial charge in [-0.2, -0.15) is 0 Å². The predicted molar refractivity (Wildman–Crippen MR) is 96.4 cm³/mol. The van der Waals surface area contributed by atoms with Crippen molar-refractivity contribution in [1.29, 1.82) is 0 Å². The van der Waals surface area contributed by atoms with Crippen molar-refractivity contribution in [2.75, 3.05) is 20.1 Å². The van der Waals surface area contributed by atoms with Gasteiger partial charge >= 0.3 is 0 Å². The predicted octanol–water partition coefficient (Wildman–Crippen LogP) is 5.13. The Bertz CT molecular complexity index is 506.